The van der Waals surface area contributed by atoms with Gasteiger partial charge >= 0.3 is 5.97 Å². The molecule has 84 valence electrons. The number of nitrogens with one attached hydrogen (secondary N) is 1. The number of aromatic nitrogens is 3. The number of carbonyl (C=O) groups is 1. The predicted octanol–water partition coefficient (Wildman–Crippen LogP) is 1.55. The first-order valence-corrected chi connectivity index (χ1v) is 5.73. The summed E-state index contributed by atoms with van der Waals surface area (Å²) in [4.78, 5) is 15.5. The summed E-state index contributed by atoms with van der Waals surface area (Å²) in [5, 5.41) is 6.97. The van der Waals surface area contributed by atoms with Crippen molar-refractivity contribution in [1.29, 1.82) is 0 Å². The SMILES string of the molecule is CCCOC(=O)C(C)Sc1n[nH]c(C)n1. The minimum atomic E-state index is -0.272. The standard InChI is InChI=1S/C9H15N3O2S/c1-4-5-14-8(13)6(2)15-9-10-7(3)11-12-9/h6H,4-5H2,1-3H3,(H,10,11,12). The molecule has 0 saturated heterocycles. The van der Waals surface area contributed by atoms with Gasteiger partial charge in [0.2, 0.25) is 5.16 Å². The van der Waals surface area contributed by atoms with E-state index < -0.39 is 0 Å². The Labute approximate surface area is 93.0 Å². The van der Waals surface area contributed by atoms with E-state index in [1.807, 2.05) is 13.8 Å². The smallest absolute Gasteiger partial charge is 0.319 e. The van der Waals surface area contributed by atoms with Crippen molar-refractivity contribution in [3.05, 3.63) is 5.82 Å². The molecule has 0 aromatic carbocycles. The van der Waals surface area contributed by atoms with Crippen LogP contribution in [0.2, 0.25) is 0 Å². The second-order valence-corrected chi connectivity index (χ2v) is 4.44. The zero-order valence-electron chi connectivity index (χ0n) is 9.11. The highest BCUT2D eigenvalue weighted by molar-refractivity contribution is 8.00. The van der Waals surface area contributed by atoms with Gasteiger partial charge in [0.25, 0.3) is 0 Å². The lowest BCUT2D eigenvalue weighted by molar-refractivity contribution is -0.142. The normalized spacial score (nSPS) is 12.5. The number of thioether (sulfide) groups is 1. The van der Waals surface area contributed by atoms with Gasteiger partial charge in [0.15, 0.2) is 0 Å². The van der Waals surface area contributed by atoms with Gasteiger partial charge < -0.3 is 4.74 Å². The molecule has 0 fully saturated rings. The Hall–Kier alpha value is -1.04. The third-order valence-corrected chi connectivity index (χ3v) is 2.58. The van der Waals surface area contributed by atoms with E-state index in [-0.39, 0.29) is 11.2 Å². The van der Waals surface area contributed by atoms with Crippen LogP contribution in [0.25, 0.3) is 0 Å². The first-order valence-electron chi connectivity index (χ1n) is 4.85. The van der Waals surface area contributed by atoms with E-state index in [0.717, 1.165) is 12.2 Å². The van der Waals surface area contributed by atoms with Gasteiger partial charge in [0, 0.05) is 0 Å². The molecule has 0 aliphatic carbocycles. The van der Waals surface area contributed by atoms with Crippen LogP contribution in [0.15, 0.2) is 5.16 Å². The van der Waals surface area contributed by atoms with E-state index in [0.29, 0.717) is 11.8 Å². The Balaban J connectivity index is 2.41. The lowest BCUT2D eigenvalue weighted by atomic mass is 10.5. The summed E-state index contributed by atoms with van der Waals surface area (Å²) in [5.74, 6) is 0.524. The van der Waals surface area contributed by atoms with Gasteiger partial charge in [0.1, 0.15) is 11.1 Å². The van der Waals surface area contributed by atoms with Crippen LogP contribution >= 0.6 is 11.8 Å². The van der Waals surface area contributed by atoms with Crippen LogP contribution in [-0.4, -0.2) is 33.0 Å². The Kier molecular flexibility index (Phi) is 4.61. The Morgan fingerprint density at radius 2 is 2.40 bits per heavy atom. The van der Waals surface area contributed by atoms with Crippen LogP contribution in [0.3, 0.4) is 0 Å². The maximum absolute atomic E-state index is 11.4. The summed E-state index contributed by atoms with van der Waals surface area (Å²) < 4.78 is 5.01. The molecule has 6 heteroatoms. The van der Waals surface area contributed by atoms with Crippen molar-refractivity contribution >= 4 is 17.7 Å². The number of carbonyl (C=O) groups excluding carboxylic acids is 1. The summed E-state index contributed by atoms with van der Waals surface area (Å²) in [6.45, 7) is 6.03. The lowest BCUT2D eigenvalue weighted by Crippen LogP contribution is -2.17. The van der Waals surface area contributed by atoms with Crippen molar-refractivity contribution in [2.75, 3.05) is 6.61 Å². The summed E-state index contributed by atoms with van der Waals surface area (Å²) >= 11 is 1.29. The second-order valence-electron chi connectivity index (χ2n) is 3.13. The number of aryl methyl sites for hydroxylation is 1. The first-order chi connectivity index (χ1) is 7.13. The van der Waals surface area contributed by atoms with Crippen LogP contribution in [-0.2, 0) is 9.53 Å². The molecule has 1 aromatic heterocycles. The molecule has 0 aliphatic heterocycles. The molecule has 0 radical (unpaired) electrons. The highest BCUT2D eigenvalue weighted by Gasteiger charge is 2.17. The van der Waals surface area contributed by atoms with Crippen molar-refractivity contribution in [2.45, 2.75) is 37.6 Å². The van der Waals surface area contributed by atoms with Crippen molar-refractivity contribution < 1.29 is 9.53 Å². The second kappa shape index (κ2) is 5.75. The van der Waals surface area contributed by atoms with E-state index >= 15 is 0 Å². The molecule has 1 atom stereocenters. The summed E-state index contributed by atoms with van der Waals surface area (Å²) in [6, 6.07) is 0. The van der Waals surface area contributed by atoms with Gasteiger partial charge in [-0.25, -0.2) is 4.98 Å². The monoisotopic (exact) mass is 229 g/mol. The summed E-state index contributed by atoms with van der Waals surface area (Å²) in [7, 11) is 0. The van der Waals surface area contributed by atoms with E-state index in [4.69, 9.17) is 4.74 Å². The van der Waals surface area contributed by atoms with Gasteiger partial charge in [-0.15, -0.1) is 5.10 Å². The number of rotatable bonds is 5. The van der Waals surface area contributed by atoms with E-state index in [1.165, 1.54) is 11.8 Å². The van der Waals surface area contributed by atoms with Gasteiger partial charge in [-0.3, -0.25) is 9.89 Å². The highest BCUT2D eigenvalue weighted by Crippen LogP contribution is 2.19. The van der Waals surface area contributed by atoms with Crippen LogP contribution in [0.5, 0.6) is 0 Å². The molecule has 1 rings (SSSR count). The summed E-state index contributed by atoms with van der Waals surface area (Å²) in [5.41, 5.74) is 0. The van der Waals surface area contributed by atoms with Crippen LogP contribution in [0, 0.1) is 6.92 Å². The largest absolute Gasteiger partial charge is 0.465 e. The lowest BCUT2D eigenvalue weighted by Gasteiger charge is -2.07. The van der Waals surface area contributed by atoms with Crippen LogP contribution in [0.1, 0.15) is 26.1 Å². The fraction of sp³-hybridized carbons (Fsp3) is 0.667. The molecular formula is C9H15N3O2S. The zero-order chi connectivity index (χ0) is 11.3. The molecule has 0 bridgehead atoms. The highest BCUT2D eigenvalue weighted by atomic mass is 32.2. The molecular weight excluding hydrogens is 214 g/mol. The molecule has 1 aromatic rings. The first kappa shape index (κ1) is 12.0. The fourth-order valence-electron chi connectivity index (χ4n) is 0.901. The van der Waals surface area contributed by atoms with E-state index in [9.17, 15) is 4.79 Å². The third kappa shape index (κ3) is 3.91. The van der Waals surface area contributed by atoms with Gasteiger partial charge in [-0.1, -0.05) is 18.7 Å². The topological polar surface area (TPSA) is 67.9 Å². The minimum absolute atomic E-state index is 0.218. The molecule has 1 heterocycles. The molecule has 0 aliphatic rings. The van der Waals surface area contributed by atoms with Crippen LogP contribution < -0.4 is 0 Å². The number of nitrogens with zero attached hydrogens (tertiary/aromatic N) is 2. The number of H-pyrrole nitrogens is 1. The number of hydrogen-bond acceptors (Lipinski definition) is 5. The Morgan fingerprint density at radius 1 is 1.67 bits per heavy atom. The predicted molar refractivity (Wildman–Crippen MR) is 57.7 cm³/mol. The van der Waals surface area contributed by atoms with Crippen molar-refractivity contribution in [3.63, 3.8) is 0 Å². The number of aromatic amines is 1. The summed E-state index contributed by atoms with van der Waals surface area (Å²) in [6.07, 6.45) is 0.836. The fourth-order valence-corrected chi connectivity index (χ4v) is 1.67. The van der Waals surface area contributed by atoms with Gasteiger partial charge in [-0.2, -0.15) is 0 Å². The number of ether oxygens (including phenoxy) is 1. The van der Waals surface area contributed by atoms with Crippen molar-refractivity contribution in [3.8, 4) is 0 Å². The Morgan fingerprint density at radius 3 is 2.93 bits per heavy atom. The zero-order valence-corrected chi connectivity index (χ0v) is 9.93. The third-order valence-electron chi connectivity index (χ3n) is 1.64. The number of hydrogen-bond donors (Lipinski definition) is 1. The van der Waals surface area contributed by atoms with Gasteiger partial charge in [0.05, 0.1) is 6.61 Å². The Bertz CT molecular complexity index is 327. The molecule has 15 heavy (non-hydrogen) atoms. The molecule has 0 amide bonds. The number of esters is 1. The molecule has 0 saturated carbocycles. The van der Waals surface area contributed by atoms with Crippen molar-refractivity contribution in [2.24, 2.45) is 0 Å². The minimum Gasteiger partial charge on any atom is -0.465 e. The van der Waals surface area contributed by atoms with E-state index in [1.54, 1.807) is 6.92 Å². The quantitative estimate of drug-likeness (QED) is 0.613. The van der Waals surface area contributed by atoms with E-state index in [2.05, 4.69) is 15.2 Å². The van der Waals surface area contributed by atoms with Crippen molar-refractivity contribution in [1.82, 2.24) is 15.2 Å². The average Bonchev–Trinajstić information content (AvgIpc) is 2.60. The maximum Gasteiger partial charge on any atom is 0.319 e. The molecule has 0 spiro atoms. The molecule has 5 nitrogen and oxygen atoms in total. The molecule has 1 unspecified atom stereocenters. The van der Waals surface area contributed by atoms with Crippen LogP contribution in [0.4, 0.5) is 0 Å². The average molecular weight is 229 g/mol. The molecule has 1 N–H and O–H groups in total. The maximum atomic E-state index is 11.4. The van der Waals surface area contributed by atoms with Gasteiger partial charge in [-0.05, 0) is 20.3 Å².